The van der Waals surface area contributed by atoms with E-state index in [2.05, 4.69) is 15.2 Å². The lowest BCUT2D eigenvalue weighted by atomic mass is 10.2. The number of amides is 1. The standard InChI is InChI=1S/C14H17ClN4O2S/c1-9-16-14(18-17-9)11-8-19(6-7-21-11)13(20)5-3-10-2-4-12(15)22-10/h2,4,11H,3,5-8H2,1H3,(H,16,17,18)/t11-/m0/s1. The summed E-state index contributed by atoms with van der Waals surface area (Å²) >= 11 is 7.43. The molecule has 1 aliphatic rings. The molecule has 0 aliphatic carbocycles. The van der Waals surface area contributed by atoms with Crippen molar-refractivity contribution in [1.82, 2.24) is 20.1 Å². The minimum Gasteiger partial charge on any atom is -0.366 e. The summed E-state index contributed by atoms with van der Waals surface area (Å²) in [5.41, 5.74) is 0. The molecule has 3 rings (SSSR count). The maximum Gasteiger partial charge on any atom is 0.223 e. The lowest BCUT2D eigenvalue weighted by Crippen LogP contribution is -2.42. The van der Waals surface area contributed by atoms with Crippen molar-refractivity contribution in [2.75, 3.05) is 19.7 Å². The van der Waals surface area contributed by atoms with Gasteiger partial charge in [0.15, 0.2) is 5.82 Å². The van der Waals surface area contributed by atoms with Crippen LogP contribution in [0.3, 0.4) is 0 Å². The van der Waals surface area contributed by atoms with Crippen molar-refractivity contribution in [3.8, 4) is 0 Å². The molecule has 0 aromatic carbocycles. The molecule has 1 N–H and O–H groups in total. The Morgan fingerprint density at radius 2 is 2.45 bits per heavy atom. The fourth-order valence-corrected chi connectivity index (χ4v) is 3.50. The molecule has 1 fully saturated rings. The van der Waals surface area contributed by atoms with Gasteiger partial charge in [-0.25, -0.2) is 4.98 Å². The third kappa shape index (κ3) is 3.66. The van der Waals surface area contributed by atoms with Crippen LogP contribution >= 0.6 is 22.9 Å². The Morgan fingerprint density at radius 1 is 1.59 bits per heavy atom. The quantitative estimate of drug-likeness (QED) is 0.927. The smallest absolute Gasteiger partial charge is 0.223 e. The number of halogens is 1. The number of nitrogens with one attached hydrogen (secondary N) is 1. The summed E-state index contributed by atoms with van der Waals surface area (Å²) in [4.78, 5) is 19.6. The number of carbonyl (C=O) groups is 1. The van der Waals surface area contributed by atoms with Gasteiger partial charge in [0.1, 0.15) is 11.9 Å². The highest BCUT2D eigenvalue weighted by molar-refractivity contribution is 7.16. The molecule has 3 heterocycles. The van der Waals surface area contributed by atoms with Gasteiger partial charge < -0.3 is 9.64 Å². The average molecular weight is 341 g/mol. The van der Waals surface area contributed by atoms with Crippen LogP contribution < -0.4 is 0 Å². The van der Waals surface area contributed by atoms with E-state index in [0.29, 0.717) is 31.9 Å². The third-order valence-electron chi connectivity index (χ3n) is 3.54. The number of aromatic nitrogens is 3. The van der Waals surface area contributed by atoms with Crippen LogP contribution in [0.4, 0.5) is 0 Å². The topological polar surface area (TPSA) is 71.1 Å². The Balaban J connectivity index is 1.55. The van der Waals surface area contributed by atoms with E-state index in [1.807, 2.05) is 24.0 Å². The van der Waals surface area contributed by atoms with Crippen LogP contribution in [-0.2, 0) is 16.0 Å². The van der Waals surface area contributed by atoms with E-state index in [9.17, 15) is 4.79 Å². The predicted octanol–water partition coefficient (Wildman–Crippen LogP) is 2.36. The van der Waals surface area contributed by atoms with Gasteiger partial charge in [-0.1, -0.05) is 11.6 Å². The Kier molecular flexibility index (Phi) is 4.75. The van der Waals surface area contributed by atoms with Gasteiger partial charge in [-0.05, 0) is 25.5 Å². The zero-order valence-corrected chi connectivity index (χ0v) is 13.8. The number of ether oxygens (including phenoxy) is 1. The van der Waals surface area contributed by atoms with Gasteiger partial charge in [-0.15, -0.1) is 11.3 Å². The molecule has 2 aromatic heterocycles. The molecule has 1 amide bonds. The van der Waals surface area contributed by atoms with E-state index < -0.39 is 0 Å². The van der Waals surface area contributed by atoms with Crippen LogP contribution in [0.5, 0.6) is 0 Å². The van der Waals surface area contributed by atoms with Crippen LogP contribution in [0.25, 0.3) is 0 Å². The Morgan fingerprint density at radius 3 is 3.14 bits per heavy atom. The van der Waals surface area contributed by atoms with Gasteiger partial charge >= 0.3 is 0 Å². The predicted molar refractivity (Wildman–Crippen MR) is 84.0 cm³/mol. The monoisotopic (exact) mass is 340 g/mol. The highest BCUT2D eigenvalue weighted by Crippen LogP contribution is 2.24. The maximum atomic E-state index is 12.4. The average Bonchev–Trinajstić information content (AvgIpc) is 3.13. The maximum absolute atomic E-state index is 12.4. The molecule has 2 aromatic rings. The summed E-state index contributed by atoms with van der Waals surface area (Å²) in [6.07, 6.45) is 0.952. The van der Waals surface area contributed by atoms with Crippen LogP contribution in [-0.4, -0.2) is 45.7 Å². The Hall–Kier alpha value is -1.44. The summed E-state index contributed by atoms with van der Waals surface area (Å²) < 4.78 is 6.43. The van der Waals surface area contributed by atoms with Crippen LogP contribution in [0.15, 0.2) is 12.1 Å². The number of morpholine rings is 1. The minimum absolute atomic E-state index is 0.130. The number of H-pyrrole nitrogens is 1. The third-order valence-corrected chi connectivity index (χ3v) is 4.83. The highest BCUT2D eigenvalue weighted by Gasteiger charge is 2.27. The second-order valence-corrected chi connectivity index (χ2v) is 6.98. The van der Waals surface area contributed by atoms with Gasteiger partial charge in [0, 0.05) is 17.8 Å². The van der Waals surface area contributed by atoms with E-state index in [1.54, 1.807) is 0 Å². The number of carbonyl (C=O) groups excluding carboxylic acids is 1. The SMILES string of the molecule is Cc1nc([C@@H]2CN(C(=O)CCc3ccc(Cl)s3)CCO2)n[nH]1. The first-order valence-corrected chi connectivity index (χ1v) is 8.34. The summed E-state index contributed by atoms with van der Waals surface area (Å²) in [6, 6.07) is 3.83. The summed E-state index contributed by atoms with van der Waals surface area (Å²) in [7, 11) is 0. The van der Waals surface area contributed by atoms with Crippen molar-refractivity contribution in [3.05, 3.63) is 33.0 Å². The minimum atomic E-state index is -0.251. The highest BCUT2D eigenvalue weighted by atomic mass is 35.5. The number of nitrogens with zero attached hydrogens (tertiary/aromatic N) is 3. The zero-order chi connectivity index (χ0) is 15.5. The largest absolute Gasteiger partial charge is 0.366 e. The summed E-state index contributed by atoms with van der Waals surface area (Å²) in [6.45, 7) is 3.47. The van der Waals surface area contributed by atoms with E-state index in [4.69, 9.17) is 16.3 Å². The molecule has 0 bridgehead atoms. The molecular formula is C14H17ClN4O2S. The molecule has 22 heavy (non-hydrogen) atoms. The van der Waals surface area contributed by atoms with Crippen molar-refractivity contribution in [2.24, 2.45) is 0 Å². The molecule has 1 saturated heterocycles. The fraction of sp³-hybridized carbons (Fsp3) is 0.500. The molecule has 6 nitrogen and oxygen atoms in total. The van der Waals surface area contributed by atoms with Crippen LogP contribution in [0.2, 0.25) is 4.34 Å². The van der Waals surface area contributed by atoms with Crippen LogP contribution in [0.1, 0.15) is 29.1 Å². The lowest BCUT2D eigenvalue weighted by molar-refractivity contribution is -0.139. The normalized spacial score (nSPS) is 18.6. The molecule has 0 spiro atoms. The number of aryl methyl sites for hydroxylation is 2. The number of thiophene rings is 1. The Bertz CT molecular complexity index is 657. The first-order valence-electron chi connectivity index (χ1n) is 7.14. The number of aromatic amines is 1. The molecule has 1 atom stereocenters. The van der Waals surface area contributed by atoms with Crippen molar-refractivity contribution in [1.29, 1.82) is 0 Å². The first-order chi connectivity index (χ1) is 10.6. The second-order valence-electron chi connectivity index (χ2n) is 5.18. The Labute approximate surface area is 137 Å². The molecule has 118 valence electrons. The molecule has 0 radical (unpaired) electrons. The summed E-state index contributed by atoms with van der Waals surface area (Å²) in [5.74, 6) is 1.49. The number of rotatable bonds is 4. The molecule has 1 aliphatic heterocycles. The fourth-order valence-electron chi connectivity index (χ4n) is 2.41. The molecule has 0 unspecified atom stereocenters. The van der Waals surface area contributed by atoms with Crippen molar-refractivity contribution in [3.63, 3.8) is 0 Å². The van der Waals surface area contributed by atoms with E-state index in [0.717, 1.165) is 21.5 Å². The number of hydrogen-bond acceptors (Lipinski definition) is 5. The lowest BCUT2D eigenvalue weighted by Gasteiger charge is -2.31. The van der Waals surface area contributed by atoms with Crippen molar-refractivity contribution >= 4 is 28.8 Å². The zero-order valence-electron chi connectivity index (χ0n) is 12.2. The molecule has 8 heteroatoms. The van der Waals surface area contributed by atoms with E-state index in [1.165, 1.54) is 11.3 Å². The molecular weight excluding hydrogens is 324 g/mol. The van der Waals surface area contributed by atoms with E-state index in [-0.39, 0.29) is 12.0 Å². The molecule has 0 saturated carbocycles. The number of hydrogen-bond donors (Lipinski definition) is 1. The van der Waals surface area contributed by atoms with Crippen molar-refractivity contribution < 1.29 is 9.53 Å². The second kappa shape index (κ2) is 6.76. The van der Waals surface area contributed by atoms with Gasteiger partial charge in [-0.3, -0.25) is 9.89 Å². The van der Waals surface area contributed by atoms with Gasteiger partial charge in [-0.2, -0.15) is 5.10 Å². The van der Waals surface area contributed by atoms with Gasteiger partial charge in [0.05, 0.1) is 17.5 Å². The van der Waals surface area contributed by atoms with Crippen LogP contribution in [0, 0.1) is 6.92 Å². The van der Waals surface area contributed by atoms with Gasteiger partial charge in [0.2, 0.25) is 5.91 Å². The summed E-state index contributed by atoms with van der Waals surface area (Å²) in [5, 5.41) is 6.92. The van der Waals surface area contributed by atoms with Gasteiger partial charge in [0.25, 0.3) is 0 Å². The van der Waals surface area contributed by atoms with E-state index >= 15 is 0 Å². The van der Waals surface area contributed by atoms with Crippen molar-refractivity contribution in [2.45, 2.75) is 25.9 Å². The first kappa shape index (κ1) is 15.5.